The van der Waals surface area contributed by atoms with E-state index in [-0.39, 0.29) is 5.78 Å². The van der Waals surface area contributed by atoms with Crippen LogP contribution in [-0.2, 0) is 6.42 Å². The number of carbonyl (C=O) groups excluding carboxylic acids is 1. The fourth-order valence-electron chi connectivity index (χ4n) is 1.55. The van der Waals surface area contributed by atoms with E-state index in [1.54, 1.807) is 0 Å². The molecule has 2 rings (SSSR count). The van der Waals surface area contributed by atoms with E-state index in [0.717, 1.165) is 23.4 Å². The Balaban J connectivity index is 2.76. The Morgan fingerprint density at radius 3 is 3.00 bits per heavy atom. The van der Waals surface area contributed by atoms with Crippen molar-refractivity contribution in [2.24, 2.45) is 0 Å². The minimum absolute atomic E-state index is 0.182. The molecule has 0 spiro atoms. The lowest BCUT2D eigenvalue weighted by molar-refractivity contribution is 0.0993. The molecule has 62 valence electrons. The smallest absolute Gasteiger partial charge is 0.197 e. The number of Topliss-reactive ketones (excluding diaryl/α,β-unsaturated/α-hetero) is 1. The molecule has 0 fully saturated rings. The third kappa shape index (κ3) is 0.992. The van der Waals surface area contributed by atoms with Gasteiger partial charge in [0, 0.05) is 12.1 Å². The maximum Gasteiger partial charge on any atom is 0.197 e. The highest BCUT2D eigenvalue weighted by molar-refractivity contribution is 7.71. The van der Waals surface area contributed by atoms with Crippen LogP contribution in [0.2, 0.25) is 0 Å². The number of fused-ring (bicyclic) bond motifs is 1. The zero-order chi connectivity index (χ0) is 8.72. The van der Waals surface area contributed by atoms with E-state index >= 15 is 0 Å². The molecule has 1 aromatic heterocycles. The zero-order valence-corrected chi connectivity index (χ0v) is 7.49. The molecule has 12 heavy (non-hydrogen) atoms. The third-order valence-electron chi connectivity index (χ3n) is 2.06. The van der Waals surface area contributed by atoms with Gasteiger partial charge in [-0.2, -0.15) is 0 Å². The summed E-state index contributed by atoms with van der Waals surface area (Å²) in [5.41, 5.74) is 2.47. The average Bonchev–Trinajstić information content (AvgIpc) is 2.31. The number of nitrogens with zero attached hydrogens (tertiary/aromatic N) is 1. The fraction of sp³-hybridized carbons (Fsp3) is 0.375. The van der Waals surface area contributed by atoms with Gasteiger partial charge in [0.1, 0.15) is 0 Å². The van der Waals surface area contributed by atoms with Crippen LogP contribution >= 0.6 is 12.2 Å². The lowest BCUT2D eigenvalue weighted by Crippen LogP contribution is -2.00. The van der Waals surface area contributed by atoms with Crippen LogP contribution in [0.3, 0.4) is 0 Å². The Morgan fingerprint density at radius 1 is 1.50 bits per heavy atom. The molecule has 3 nitrogen and oxygen atoms in total. The fourth-order valence-corrected chi connectivity index (χ4v) is 1.82. The molecule has 0 atom stereocenters. The molecule has 0 radical (unpaired) electrons. The number of H-pyrrole nitrogens is 1. The minimum Gasteiger partial charge on any atom is -0.334 e. The predicted molar refractivity (Wildman–Crippen MR) is 46.8 cm³/mol. The molecule has 0 saturated heterocycles. The van der Waals surface area contributed by atoms with Crippen molar-refractivity contribution >= 4 is 18.0 Å². The molecular formula is C8H8N2OS. The molecule has 0 aromatic carbocycles. The van der Waals surface area contributed by atoms with Gasteiger partial charge >= 0.3 is 0 Å². The van der Waals surface area contributed by atoms with Crippen molar-refractivity contribution in [3.63, 3.8) is 0 Å². The first-order valence-corrected chi connectivity index (χ1v) is 4.22. The lowest BCUT2D eigenvalue weighted by atomic mass is 10.2. The SMILES string of the molecule is Cc1[nH]c(=S)nc2c1C(=O)CC2. The van der Waals surface area contributed by atoms with Crippen LogP contribution < -0.4 is 0 Å². The van der Waals surface area contributed by atoms with Crippen molar-refractivity contribution in [3.05, 3.63) is 21.7 Å². The van der Waals surface area contributed by atoms with Crippen LogP contribution in [0.1, 0.15) is 28.2 Å². The van der Waals surface area contributed by atoms with Crippen molar-refractivity contribution in [3.8, 4) is 0 Å². The molecule has 0 bridgehead atoms. The summed E-state index contributed by atoms with van der Waals surface area (Å²) in [5, 5.41) is 0. The average molecular weight is 180 g/mol. The molecule has 1 aromatic rings. The first-order valence-electron chi connectivity index (χ1n) is 3.81. The maximum atomic E-state index is 11.3. The van der Waals surface area contributed by atoms with Crippen LogP contribution in [0.15, 0.2) is 0 Å². The van der Waals surface area contributed by atoms with Crippen LogP contribution in [0.5, 0.6) is 0 Å². The van der Waals surface area contributed by atoms with E-state index in [4.69, 9.17) is 12.2 Å². The predicted octanol–water partition coefficient (Wildman–Crippen LogP) is 1.58. The van der Waals surface area contributed by atoms with E-state index in [1.165, 1.54) is 0 Å². The van der Waals surface area contributed by atoms with Gasteiger partial charge in [-0.25, -0.2) is 4.98 Å². The summed E-state index contributed by atoms with van der Waals surface area (Å²) in [6.45, 7) is 1.86. The highest BCUT2D eigenvalue weighted by Crippen LogP contribution is 2.21. The maximum absolute atomic E-state index is 11.3. The molecule has 1 aliphatic carbocycles. The summed E-state index contributed by atoms with van der Waals surface area (Å²) in [5.74, 6) is 0.182. The van der Waals surface area contributed by atoms with Crippen LogP contribution in [0.4, 0.5) is 0 Å². The summed E-state index contributed by atoms with van der Waals surface area (Å²) in [4.78, 5) is 18.3. The molecule has 0 saturated carbocycles. The number of aryl methyl sites for hydroxylation is 2. The first-order chi connectivity index (χ1) is 5.68. The summed E-state index contributed by atoms with van der Waals surface area (Å²) >= 11 is 4.90. The Morgan fingerprint density at radius 2 is 2.25 bits per heavy atom. The topological polar surface area (TPSA) is 45.8 Å². The summed E-state index contributed by atoms with van der Waals surface area (Å²) in [6.07, 6.45) is 1.32. The van der Waals surface area contributed by atoms with Gasteiger partial charge < -0.3 is 4.98 Å². The Hall–Kier alpha value is -1.03. The molecule has 0 unspecified atom stereocenters. The third-order valence-corrected chi connectivity index (χ3v) is 2.26. The largest absolute Gasteiger partial charge is 0.334 e. The summed E-state index contributed by atoms with van der Waals surface area (Å²) in [6, 6.07) is 0. The minimum atomic E-state index is 0.182. The highest BCUT2D eigenvalue weighted by atomic mass is 32.1. The van der Waals surface area contributed by atoms with Gasteiger partial charge in [0.05, 0.1) is 11.3 Å². The molecular weight excluding hydrogens is 172 g/mol. The van der Waals surface area contributed by atoms with Gasteiger partial charge in [0.25, 0.3) is 0 Å². The lowest BCUT2D eigenvalue weighted by Gasteiger charge is -1.99. The monoisotopic (exact) mass is 180 g/mol. The number of aromatic amines is 1. The quantitative estimate of drug-likeness (QED) is 0.616. The van der Waals surface area contributed by atoms with Crippen molar-refractivity contribution in [2.45, 2.75) is 19.8 Å². The van der Waals surface area contributed by atoms with E-state index in [1.807, 2.05) is 6.92 Å². The molecule has 0 amide bonds. The molecule has 4 heteroatoms. The standard InChI is InChI=1S/C8H8N2OS/c1-4-7-5(2-3-6(7)11)10-8(12)9-4/h2-3H2,1H3,(H,9,10,12). The molecule has 1 aliphatic rings. The number of hydrogen-bond donors (Lipinski definition) is 1. The second kappa shape index (κ2) is 2.48. The number of rotatable bonds is 0. The van der Waals surface area contributed by atoms with E-state index < -0.39 is 0 Å². The summed E-state index contributed by atoms with van der Waals surface area (Å²) in [7, 11) is 0. The van der Waals surface area contributed by atoms with Crippen LogP contribution in [-0.4, -0.2) is 15.8 Å². The zero-order valence-electron chi connectivity index (χ0n) is 6.68. The van der Waals surface area contributed by atoms with Gasteiger partial charge in [0.15, 0.2) is 10.6 Å². The number of nitrogens with one attached hydrogen (secondary N) is 1. The number of aromatic nitrogens is 2. The van der Waals surface area contributed by atoms with Gasteiger partial charge in [-0.3, -0.25) is 4.79 Å². The van der Waals surface area contributed by atoms with Gasteiger partial charge in [-0.15, -0.1) is 0 Å². The summed E-state index contributed by atoms with van der Waals surface area (Å²) < 4.78 is 0.473. The Bertz CT molecular complexity index is 408. The first kappa shape index (κ1) is 7.61. The van der Waals surface area contributed by atoms with Crippen molar-refractivity contribution < 1.29 is 4.79 Å². The Kier molecular flexibility index (Phi) is 1.58. The molecule has 1 N–H and O–H groups in total. The van der Waals surface area contributed by atoms with Crippen molar-refractivity contribution in [1.29, 1.82) is 0 Å². The van der Waals surface area contributed by atoms with E-state index in [9.17, 15) is 4.79 Å². The van der Waals surface area contributed by atoms with Crippen LogP contribution in [0, 0.1) is 11.7 Å². The Labute approximate surface area is 74.8 Å². The van der Waals surface area contributed by atoms with Gasteiger partial charge in [-0.1, -0.05) is 0 Å². The van der Waals surface area contributed by atoms with Gasteiger partial charge in [0.2, 0.25) is 0 Å². The number of carbonyl (C=O) groups is 1. The molecule has 1 heterocycles. The highest BCUT2D eigenvalue weighted by Gasteiger charge is 2.22. The number of ketones is 1. The second-order valence-electron chi connectivity index (χ2n) is 2.91. The second-order valence-corrected chi connectivity index (χ2v) is 3.30. The van der Waals surface area contributed by atoms with E-state index in [2.05, 4.69) is 9.97 Å². The van der Waals surface area contributed by atoms with Crippen LogP contribution in [0.25, 0.3) is 0 Å². The van der Waals surface area contributed by atoms with Gasteiger partial charge in [-0.05, 0) is 25.6 Å². The normalized spacial score (nSPS) is 14.9. The van der Waals surface area contributed by atoms with Crippen molar-refractivity contribution in [1.82, 2.24) is 9.97 Å². The number of hydrogen-bond acceptors (Lipinski definition) is 3. The van der Waals surface area contributed by atoms with Crippen molar-refractivity contribution in [2.75, 3.05) is 0 Å². The van der Waals surface area contributed by atoms with E-state index in [0.29, 0.717) is 11.2 Å². The molecule has 0 aliphatic heterocycles.